The van der Waals surface area contributed by atoms with Gasteiger partial charge >= 0.3 is 18.2 Å². The van der Waals surface area contributed by atoms with E-state index in [1.165, 1.54) is 12.1 Å². The van der Waals surface area contributed by atoms with Crippen LogP contribution in [0.2, 0.25) is 5.02 Å². The van der Waals surface area contributed by atoms with Gasteiger partial charge in [-0.05, 0) is 72.3 Å². The van der Waals surface area contributed by atoms with Crippen molar-refractivity contribution in [1.29, 1.82) is 0 Å². The van der Waals surface area contributed by atoms with Crippen molar-refractivity contribution in [2.75, 3.05) is 28.6 Å². The number of carbonyl (C=O) groups excluding carboxylic acids is 1. The third-order valence-corrected chi connectivity index (χ3v) is 6.67. The molecule has 41 heavy (non-hydrogen) atoms. The van der Waals surface area contributed by atoms with Gasteiger partial charge in [-0.25, -0.2) is 9.59 Å². The molecule has 1 aliphatic heterocycles. The Morgan fingerprint density at radius 3 is 2.24 bits per heavy atom. The summed E-state index contributed by atoms with van der Waals surface area (Å²) in [5, 5.41) is 15.2. The molecule has 0 saturated carbocycles. The summed E-state index contributed by atoms with van der Waals surface area (Å²) in [6.07, 6.45) is -4.67. The van der Waals surface area contributed by atoms with E-state index in [0.717, 1.165) is 17.8 Å². The number of ether oxygens (including phenoxy) is 1. The number of rotatable bonds is 7. The third kappa shape index (κ3) is 6.55. The van der Waals surface area contributed by atoms with Gasteiger partial charge in [-0.15, -0.1) is 0 Å². The minimum Gasteiger partial charge on any atom is -0.487 e. The first kappa shape index (κ1) is 27.9. The van der Waals surface area contributed by atoms with E-state index in [9.17, 15) is 27.9 Å². The van der Waals surface area contributed by atoms with E-state index in [-0.39, 0.29) is 17.4 Å². The molecule has 0 bridgehead atoms. The summed E-state index contributed by atoms with van der Waals surface area (Å²) in [5.74, 6) is -0.472. The zero-order valence-electron chi connectivity index (χ0n) is 21.3. The van der Waals surface area contributed by atoms with Crippen LogP contribution in [0.15, 0.2) is 91.0 Å². The third-order valence-electron chi connectivity index (χ3n) is 6.44. The summed E-state index contributed by atoms with van der Waals surface area (Å²) >= 11 is 6.17. The molecule has 0 atom stereocenters. The Morgan fingerprint density at radius 1 is 0.878 bits per heavy atom. The van der Waals surface area contributed by atoms with Gasteiger partial charge in [-0.2, -0.15) is 13.2 Å². The number of aromatic carboxylic acids is 1. The van der Waals surface area contributed by atoms with Crippen molar-refractivity contribution >= 4 is 40.7 Å². The van der Waals surface area contributed by atoms with Gasteiger partial charge in [-0.1, -0.05) is 35.9 Å². The SMILES string of the molecule is O=C(Nc1ccc(OC2CN(c3cccc(C(=O)O)c3-c3cccc(Cl)c3)C2)cc1)Nc1cccc(C(F)(F)F)c1. The number of urea groups is 1. The van der Waals surface area contributed by atoms with Crippen LogP contribution in [0, 0.1) is 0 Å². The molecule has 1 aliphatic rings. The topological polar surface area (TPSA) is 90.9 Å². The van der Waals surface area contributed by atoms with Crippen LogP contribution in [-0.2, 0) is 6.18 Å². The predicted molar refractivity (Wildman–Crippen MR) is 151 cm³/mol. The molecule has 2 amide bonds. The van der Waals surface area contributed by atoms with Crippen LogP contribution < -0.4 is 20.3 Å². The molecule has 4 aromatic carbocycles. The Hall–Kier alpha value is -4.70. The van der Waals surface area contributed by atoms with E-state index < -0.39 is 23.7 Å². The van der Waals surface area contributed by atoms with Gasteiger partial charge < -0.3 is 25.4 Å². The number of hydrogen-bond donors (Lipinski definition) is 3. The Morgan fingerprint density at radius 2 is 1.56 bits per heavy atom. The van der Waals surface area contributed by atoms with Crippen LogP contribution in [0.3, 0.4) is 0 Å². The van der Waals surface area contributed by atoms with E-state index in [1.54, 1.807) is 54.6 Å². The molecule has 0 aliphatic carbocycles. The Labute approximate surface area is 238 Å². The molecule has 1 fully saturated rings. The number of hydrogen-bond acceptors (Lipinski definition) is 4. The second-order valence-electron chi connectivity index (χ2n) is 9.34. The maximum Gasteiger partial charge on any atom is 0.416 e. The second-order valence-corrected chi connectivity index (χ2v) is 9.78. The number of benzene rings is 4. The van der Waals surface area contributed by atoms with Crippen LogP contribution >= 0.6 is 11.6 Å². The lowest BCUT2D eigenvalue weighted by atomic mass is 9.95. The summed E-state index contributed by atoms with van der Waals surface area (Å²) in [6, 6.07) is 22.4. The molecule has 0 aromatic heterocycles. The van der Waals surface area contributed by atoms with Crippen LogP contribution in [-0.4, -0.2) is 36.3 Å². The fraction of sp³-hybridized carbons (Fsp3) is 0.133. The second kappa shape index (κ2) is 11.4. The van der Waals surface area contributed by atoms with Crippen LogP contribution in [0.25, 0.3) is 11.1 Å². The summed E-state index contributed by atoms with van der Waals surface area (Å²) in [5.41, 5.74) is 1.80. The maximum atomic E-state index is 12.9. The molecule has 5 rings (SSSR count). The van der Waals surface area contributed by atoms with E-state index >= 15 is 0 Å². The summed E-state index contributed by atoms with van der Waals surface area (Å²) in [6.45, 7) is 1.05. The molecular formula is C30H23ClF3N3O4. The number of nitrogens with one attached hydrogen (secondary N) is 2. The van der Waals surface area contributed by atoms with E-state index in [0.29, 0.717) is 40.7 Å². The monoisotopic (exact) mass is 581 g/mol. The minimum atomic E-state index is -4.51. The largest absolute Gasteiger partial charge is 0.487 e. The standard InChI is InChI=1S/C30H23ClF3N3O4/c31-20-6-1-4-18(14-20)27-25(28(38)39)8-3-9-26(27)37-16-24(17-37)41-23-12-10-21(11-13-23)35-29(40)36-22-7-2-5-19(15-22)30(32,33)34/h1-15,24H,16-17H2,(H,38,39)(H2,35,36,40). The number of carbonyl (C=O) groups is 2. The molecule has 11 heteroatoms. The number of halogens is 4. The average Bonchev–Trinajstić information content (AvgIpc) is 2.90. The summed E-state index contributed by atoms with van der Waals surface area (Å²) in [7, 11) is 0. The highest BCUT2D eigenvalue weighted by Gasteiger charge is 2.32. The number of alkyl halides is 3. The van der Waals surface area contributed by atoms with Crippen molar-refractivity contribution < 1.29 is 32.6 Å². The average molecular weight is 582 g/mol. The lowest BCUT2D eigenvalue weighted by molar-refractivity contribution is -0.137. The predicted octanol–water partition coefficient (Wildman–Crippen LogP) is 7.64. The molecule has 1 saturated heterocycles. The van der Waals surface area contributed by atoms with Crippen molar-refractivity contribution in [3.05, 3.63) is 107 Å². The quantitative estimate of drug-likeness (QED) is 0.209. The number of anilines is 3. The molecule has 0 radical (unpaired) electrons. The molecule has 7 nitrogen and oxygen atoms in total. The lowest BCUT2D eigenvalue weighted by Gasteiger charge is -2.41. The van der Waals surface area contributed by atoms with Gasteiger partial charge in [0.1, 0.15) is 11.9 Å². The molecular weight excluding hydrogens is 559 g/mol. The molecule has 0 unspecified atom stereocenters. The molecule has 1 heterocycles. The summed E-state index contributed by atoms with van der Waals surface area (Å²) in [4.78, 5) is 26.2. The van der Waals surface area contributed by atoms with Crippen molar-refractivity contribution in [3.63, 3.8) is 0 Å². The fourth-order valence-corrected chi connectivity index (χ4v) is 4.70. The van der Waals surface area contributed by atoms with Gasteiger partial charge in [0.15, 0.2) is 0 Å². The highest BCUT2D eigenvalue weighted by molar-refractivity contribution is 6.31. The number of carboxylic acids is 1. The summed E-state index contributed by atoms with van der Waals surface area (Å²) < 4.78 is 44.7. The molecule has 4 aromatic rings. The smallest absolute Gasteiger partial charge is 0.416 e. The number of nitrogens with zero attached hydrogens (tertiary/aromatic N) is 1. The normalized spacial score (nSPS) is 13.3. The zero-order valence-corrected chi connectivity index (χ0v) is 22.0. The van der Waals surface area contributed by atoms with Gasteiger partial charge in [0.2, 0.25) is 0 Å². The van der Waals surface area contributed by atoms with Gasteiger partial charge in [0, 0.05) is 27.6 Å². The van der Waals surface area contributed by atoms with E-state index in [4.69, 9.17) is 16.3 Å². The van der Waals surface area contributed by atoms with E-state index in [1.807, 2.05) is 17.0 Å². The van der Waals surface area contributed by atoms with Crippen molar-refractivity contribution in [2.45, 2.75) is 12.3 Å². The van der Waals surface area contributed by atoms with Gasteiger partial charge in [-0.3, -0.25) is 0 Å². The van der Waals surface area contributed by atoms with Gasteiger partial charge in [0.05, 0.1) is 24.2 Å². The first-order valence-corrected chi connectivity index (χ1v) is 12.8. The number of carboxylic acid groups (broad SMARTS) is 1. The van der Waals surface area contributed by atoms with Crippen molar-refractivity contribution in [1.82, 2.24) is 0 Å². The molecule has 210 valence electrons. The van der Waals surface area contributed by atoms with Crippen LogP contribution in [0.5, 0.6) is 5.75 Å². The molecule has 3 N–H and O–H groups in total. The lowest BCUT2D eigenvalue weighted by Crippen LogP contribution is -2.54. The highest BCUT2D eigenvalue weighted by atomic mass is 35.5. The Kier molecular flexibility index (Phi) is 7.76. The fourth-order valence-electron chi connectivity index (χ4n) is 4.51. The van der Waals surface area contributed by atoms with Crippen LogP contribution in [0.1, 0.15) is 15.9 Å². The zero-order chi connectivity index (χ0) is 29.1. The van der Waals surface area contributed by atoms with Crippen molar-refractivity contribution in [2.24, 2.45) is 0 Å². The number of amides is 2. The van der Waals surface area contributed by atoms with Crippen LogP contribution in [0.4, 0.5) is 35.0 Å². The van der Waals surface area contributed by atoms with E-state index in [2.05, 4.69) is 10.6 Å². The Balaban J connectivity index is 1.19. The maximum absolute atomic E-state index is 12.9. The van der Waals surface area contributed by atoms with Gasteiger partial charge in [0.25, 0.3) is 0 Å². The highest BCUT2D eigenvalue weighted by Crippen LogP contribution is 2.38. The first-order valence-electron chi connectivity index (χ1n) is 12.5. The van der Waals surface area contributed by atoms with Crippen molar-refractivity contribution in [3.8, 4) is 16.9 Å². The Bertz CT molecular complexity index is 1590. The minimum absolute atomic E-state index is 0.0132. The molecule has 0 spiro atoms. The first-order chi connectivity index (χ1) is 19.6.